The quantitative estimate of drug-likeness (QED) is 0.593. The number of ether oxygens (including phenoxy) is 2. The monoisotopic (exact) mass is 172 g/mol. The maximum atomic E-state index is 9.31. The van der Waals surface area contributed by atoms with Crippen LogP contribution in [0.4, 0.5) is 0 Å². The Hall–Kier alpha value is -0.120. The van der Waals surface area contributed by atoms with Crippen molar-refractivity contribution in [3.05, 3.63) is 0 Å². The molecule has 0 aromatic carbocycles. The van der Waals surface area contributed by atoms with E-state index in [2.05, 4.69) is 0 Å². The van der Waals surface area contributed by atoms with E-state index in [0.29, 0.717) is 6.61 Å². The number of aliphatic hydroxyl groups excluding tert-OH is 1. The molecule has 1 aliphatic heterocycles. The first-order valence-corrected chi connectivity index (χ1v) is 4.70. The maximum absolute atomic E-state index is 9.31. The van der Waals surface area contributed by atoms with Gasteiger partial charge in [0.2, 0.25) is 0 Å². The third-order valence-corrected chi connectivity index (χ3v) is 2.71. The second-order valence-electron chi connectivity index (χ2n) is 3.88. The molecule has 1 aliphatic carbocycles. The molecule has 1 saturated heterocycles. The van der Waals surface area contributed by atoms with E-state index in [0.717, 1.165) is 25.7 Å². The molecular formula is C9H16O3. The lowest BCUT2D eigenvalue weighted by atomic mass is 9.92. The molecule has 0 amide bonds. The molecule has 2 rings (SSSR count). The molecule has 1 spiro atoms. The van der Waals surface area contributed by atoms with Crippen LogP contribution in [0.2, 0.25) is 0 Å². The van der Waals surface area contributed by atoms with Gasteiger partial charge in [-0.15, -0.1) is 0 Å². The minimum atomic E-state index is -0.335. The molecule has 0 aromatic rings. The van der Waals surface area contributed by atoms with Crippen molar-refractivity contribution in [1.82, 2.24) is 0 Å². The summed E-state index contributed by atoms with van der Waals surface area (Å²) in [6.45, 7) is 2.73. The van der Waals surface area contributed by atoms with Crippen molar-refractivity contribution >= 4 is 0 Å². The molecule has 2 aliphatic rings. The minimum absolute atomic E-state index is 0.140. The van der Waals surface area contributed by atoms with E-state index in [1.165, 1.54) is 0 Å². The first-order valence-electron chi connectivity index (χ1n) is 4.70. The van der Waals surface area contributed by atoms with Crippen molar-refractivity contribution in [2.24, 2.45) is 0 Å². The summed E-state index contributed by atoms with van der Waals surface area (Å²) >= 11 is 0. The van der Waals surface area contributed by atoms with Gasteiger partial charge in [0.15, 0.2) is 5.79 Å². The zero-order valence-electron chi connectivity index (χ0n) is 7.45. The highest BCUT2D eigenvalue weighted by atomic mass is 16.7. The third-order valence-electron chi connectivity index (χ3n) is 2.71. The van der Waals surface area contributed by atoms with E-state index < -0.39 is 0 Å². The van der Waals surface area contributed by atoms with Crippen LogP contribution < -0.4 is 0 Å². The molecule has 1 atom stereocenters. The molecule has 1 unspecified atom stereocenters. The summed E-state index contributed by atoms with van der Waals surface area (Å²) in [6, 6.07) is 0. The molecule has 12 heavy (non-hydrogen) atoms. The van der Waals surface area contributed by atoms with Crippen molar-refractivity contribution in [1.29, 1.82) is 0 Å². The molecule has 70 valence electrons. The van der Waals surface area contributed by atoms with Gasteiger partial charge in [-0.25, -0.2) is 0 Å². The standard InChI is InChI=1S/C9H16O3/c1-7-6-11-9(12-7)4-2-8(10)3-5-9/h7-8,10H,2-6H2,1H3. The van der Waals surface area contributed by atoms with Crippen molar-refractivity contribution in [3.63, 3.8) is 0 Å². The summed E-state index contributed by atoms with van der Waals surface area (Å²) in [6.07, 6.45) is 3.40. The molecular weight excluding hydrogens is 156 g/mol. The van der Waals surface area contributed by atoms with Crippen LogP contribution in [-0.2, 0) is 9.47 Å². The summed E-state index contributed by atoms with van der Waals surface area (Å²) in [7, 11) is 0. The second-order valence-corrected chi connectivity index (χ2v) is 3.88. The van der Waals surface area contributed by atoms with Gasteiger partial charge in [-0.3, -0.25) is 0 Å². The van der Waals surface area contributed by atoms with Gasteiger partial charge < -0.3 is 14.6 Å². The van der Waals surface area contributed by atoms with Crippen molar-refractivity contribution in [3.8, 4) is 0 Å². The van der Waals surface area contributed by atoms with E-state index in [1.807, 2.05) is 6.92 Å². The van der Waals surface area contributed by atoms with Crippen LogP contribution in [0.25, 0.3) is 0 Å². The van der Waals surface area contributed by atoms with E-state index in [-0.39, 0.29) is 18.0 Å². The van der Waals surface area contributed by atoms with E-state index in [9.17, 15) is 5.11 Å². The summed E-state index contributed by atoms with van der Waals surface area (Å²) in [5.74, 6) is -0.335. The average Bonchev–Trinajstić information content (AvgIpc) is 2.40. The lowest BCUT2D eigenvalue weighted by Crippen LogP contribution is -2.37. The Morgan fingerprint density at radius 3 is 2.50 bits per heavy atom. The topological polar surface area (TPSA) is 38.7 Å². The largest absolute Gasteiger partial charge is 0.393 e. The van der Waals surface area contributed by atoms with Gasteiger partial charge in [0.1, 0.15) is 0 Å². The zero-order chi connectivity index (χ0) is 8.60. The number of hydrogen-bond acceptors (Lipinski definition) is 3. The fraction of sp³-hybridized carbons (Fsp3) is 1.00. The fourth-order valence-electron chi connectivity index (χ4n) is 2.01. The normalized spacial score (nSPS) is 48.5. The summed E-state index contributed by atoms with van der Waals surface area (Å²) in [5, 5.41) is 9.31. The van der Waals surface area contributed by atoms with Gasteiger partial charge >= 0.3 is 0 Å². The van der Waals surface area contributed by atoms with Crippen LogP contribution in [0.1, 0.15) is 32.6 Å². The second kappa shape index (κ2) is 2.98. The lowest BCUT2D eigenvalue weighted by molar-refractivity contribution is -0.195. The summed E-state index contributed by atoms with van der Waals surface area (Å²) in [4.78, 5) is 0. The van der Waals surface area contributed by atoms with Crippen LogP contribution in [0.3, 0.4) is 0 Å². The zero-order valence-corrected chi connectivity index (χ0v) is 7.45. The van der Waals surface area contributed by atoms with Gasteiger partial charge in [0, 0.05) is 12.8 Å². The Kier molecular flexibility index (Phi) is 2.10. The Labute approximate surface area is 72.7 Å². The fourth-order valence-corrected chi connectivity index (χ4v) is 2.01. The highest BCUT2D eigenvalue weighted by Gasteiger charge is 2.42. The maximum Gasteiger partial charge on any atom is 0.169 e. The molecule has 0 bridgehead atoms. The Morgan fingerprint density at radius 2 is 2.00 bits per heavy atom. The van der Waals surface area contributed by atoms with Gasteiger partial charge in [0.25, 0.3) is 0 Å². The number of hydrogen-bond donors (Lipinski definition) is 1. The first-order chi connectivity index (χ1) is 5.70. The van der Waals surface area contributed by atoms with Crippen LogP contribution in [-0.4, -0.2) is 29.7 Å². The van der Waals surface area contributed by atoms with Gasteiger partial charge in [0.05, 0.1) is 18.8 Å². The predicted octanol–water partition coefficient (Wildman–Crippen LogP) is 1.05. The van der Waals surface area contributed by atoms with Crippen LogP contribution in [0, 0.1) is 0 Å². The molecule has 0 aromatic heterocycles. The predicted molar refractivity (Wildman–Crippen MR) is 43.7 cm³/mol. The molecule has 3 nitrogen and oxygen atoms in total. The van der Waals surface area contributed by atoms with Crippen LogP contribution >= 0.6 is 0 Å². The smallest absolute Gasteiger partial charge is 0.169 e. The molecule has 2 fully saturated rings. The Balaban J connectivity index is 1.95. The lowest BCUT2D eigenvalue weighted by Gasteiger charge is -2.33. The molecule has 1 N–H and O–H groups in total. The van der Waals surface area contributed by atoms with Crippen molar-refractivity contribution in [2.75, 3.05) is 6.61 Å². The molecule has 1 heterocycles. The minimum Gasteiger partial charge on any atom is -0.393 e. The third kappa shape index (κ3) is 1.49. The van der Waals surface area contributed by atoms with Gasteiger partial charge in [-0.2, -0.15) is 0 Å². The Bertz CT molecular complexity index is 161. The average molecular weight is 172 g/mol. The highest BCUT2D eigenvalue weighted by molar-refractivity contribution is 4.83. The first kappa shape index (κ1) is 8.48. The van der Waals surface area contributed by atoms with Gasteiger partial charge in [-0.05, 0) is 19.8 Å². The van der Waals surface area contributed by atoms with E-state index in [1.54, 1.807) is 0 Å². The van der Waals surface area contributed by atoms with Crippen LogP contribution in [0.15, 0.2) is 0 Å². The summed E-state index contributed by atoms with van der Waals surface area (Å²) < 4.78 is 11.3. The van der Waals surface area contributed by atoms with E-state index in [4.69, 9.17) is 9.47 Å². The SMILES string of the molecule is CC1COC2(CCC(O)CC2)O1. The highest BCUT2D eigenvalue weighted by Crippen LogP contribution is 2.37. The molecule has 0 radical (unpaired) electrons. The van der Waals surface area contributed by atoms with Crippen LogP contribution in [0.5, 0.6) is 0 Å². The van der Waals surface area contributed by atoms with Crippen molar-refractivity contribution < 1.29 is 14.6 Å². The molecule has 3 heteroatoms. The summed E-state index contributed by atoms with van der Waals surface area (Å²) in [5.41, 5.74) is 0. The van der Waals surface area contributed by atoms with E-state index >= 15 is 0 Å². The van der Waals surface area contributed by atoms with Gasteiger partial charge in [-0.1, -0.05) is 0 Å². The Morgan fingerprint density at radius 1 is 1.33 bits per heavy atom. The van der Waals surface area contributed by atoms with Crippen molar-refractivity contribution in [2.45, 2.75) is 50.6 Å². The number of aliphatic hydroxyl groups is 1. The number of rotatable bonds is 0. The molecule has 1 saturated carbocycles.